The molecule has 1 aromatic rings. The Bertz CT molecular complexity index is 286. The molecule has 1 fully saturated rings. The topological polar surface area (TPSA) is 33.2 Å². The van der Waals surface area contributed by atoms with Gasteiger partial charge in [0, 0.05) is 30.9 Å². The van der Waals surface area contributed by atoms with Gasteiger partial charge in [0.1, 0.15) is 0 Å². The summed E-state index contributed by atoms with van der Waals surface area (Å²) >= 11 is 0. The van der Waals surface area contributed by atoms with Crippen molar-refractivity contribution in [3.05, 3.63) is 30.1 Å². The molecule has 0 saturated carbocycles. The number of rotatable bonds is 2. The maximum Gasteiger partial charge on any atom is 0.312 e. The smallest absolute Gasteiger partial charge is 0.312 e. The molecular formula is C10H11N2O. The van der Waals surface area contributed by atoms with Crippen LogP contribution in [0.2, 0.25) is 0 Å². The molecule has 0 spiro atoms. The number of aromatic nitrogens is 1. The summed E-state index contributed by atoms with van der Waals surface area (Å²) in [4.78, 5) is 16.3. The molecule has 0 N–H and O–H groups in total. The van der Waals surface area contributed by atoms with E-state index in [9.17, 15) is 4.79 Å². The highest BCUT2D eigenvalue weighted by molar-refractivity contribution is 5.49. The molecule has 3 heteroatoms. The quantitative estimate of drug-likeness (QED) is 0.670. The van der Waals surface area contributed by atoms with Crippen molar-refractivity contribution >= 4 is 6.41 Å². The molecule has 2 rings (SSSR count). The largest absolute Gasteiger partial charge is 0.334 e. The van der Waals surface area contributed by atoms with Gasteiger partial charge in [0.25, 0.3) is 0 Å². The van der Waals surface area contributed by atoms with Crippen molar-refractivity contribution in [1.29, 1.82) is 0 Å². The van der Waals surface area contributed by atoms with Gasteiger partial charge in [0.15, 0.2) is 0 Å². The van der Waals surface area contributed by atoms with Gasteiger partial charge in [-0.2, -0.15) is 0 Å². The Kier molecular flexibility index (Phi) is 2.25. The van der Waals surface area contributed by atoms with Crippen LogP contribution in [-0.4, -0.2) is 29.4 Å². The lowest BCUT2D eigenvalue weighted by Crippen LogP contribution is -2.17. The van der Waals surface area contributed by atoms with Gasteiger partial charge >= 0.3 is 6.41 Å². The Hall–Kier alpha value is -1.38. The van der Waals surface area contributed by atoms with Crippen LogP contribution in [-0.2, 0) is 4.79 Å². The third-order valence-corrected chi connectivity index (χ3v) is 2.42. The molecule has 0 bridgehead atoms. The molecule has 2 heterocycles. The van der Waals surface area contributed by atoms with Crippen molar-refractivity contribution in [2.45, 2.75) is 12.3 Å². The van der Waals surface area contributed by atoms with Gasteiger partial charge in [-0.25, -0.2) is 0 Å². The Morgan fingerprint density at radius 2 is 2.46 bits per heavy atom. The van der Waals surface area contributed by atoms with Crippen LogP contribution >= 0.6 is 0 Å². The molecule has 1 aliphatic rings. The monoisotopic (exact) mass is 175 g/mol. The Morgan fingerprint density at radius 1 is 1.54 bits per heavy atom. The van der Waals surface area contributed by atoms with Crippen LogP contribution in [0.15, 0.2) is 24.4 Å². The predicted molar refractivity (Wildman–Crippen MR) is 48.9 cm³/mol. The summed E-state index contributed by atoms with van der Waals surface area (Å²) < 4.78 is 0. The van der Waals surface area contributed by atoms with E-state index in [4.69, 9.17) is 0 Å². The second-order valence-corrected chi connectivity index (χ2v) is 3.28. The normalized spacial score (nSPS) is 21.8. The van der Waals surface area contributed by atoms with Crippen molar-refractivity contribution in [3.63, 3.8) is 0 Å². The van der Waals surface area contributed by atoms with Gasteiger partial charge in [-0.3, -0.25) is 9.78 Å². The van der Waals surface area contributed by atoms with Crippen molar-refractivity contribution in [2.75, 3.05) is 13.1 Å². The van der Waals surface area contributed by atoms with Crippen LogP contribution in [0.5, 0.6) is 0 Å². The zero-order valence-corrected chi connectivity index (χ0v) is 7.31. The number of pyridine rings is 1. The molecular weight excluding hydrogens is 164 g/mol. The maximum atomic E-state index is 10.4. The summed E-state index contributed by atoms with van der Waals surface area (Å²) in [6.07, 6.45) is 4.72. The lowest BCUT2D eigenvalue weighted by molar-refractivity contribution is 0.435. The van der Waals surface area contributed by atoms with E-state index in [1.54, 1.807) is 11.1 Å². The first kappa shape index (κ1) is 8.23. The fourth-order valence-corrected chi connectivity index (χ4v) is 1.70. The van der Waals surface area contributed by atoms with Gasteiger partial charge < -0.3 is 4.90 Å². The number of hydrogen-bond donors (Lipinski definition) is 0. The fourth-order valence-electron chi connectivity index (χ4n) is 1.70. The molecule has 1 saturated heterocycles. The van der Waals surface area contributed by atoms with Gasteiger partial charge in [-0.1, -0.05) is 6.07 Å². The highest BCUT2D eigenvalue weighted by Gasteiger charge is 2.23. The van der Waals surface area contributed by atoms with E-state index in [1.807, 2.05) is 24.6 Å². The van der Waals surface area contributed by atoms with E-state index in [1.165, 1.54) is 0 Å². The second kappa shape index (κ2) is 3.56. The van der Waals surface area contributed by atoms with Crippen molar-refractivity contribution in [1.82, 2.24) is 9.88 Å². The molecule has 0 aromatic carbocycles. The molecule has 3 nitrogen and oxygen atoms in total. The summed E-state index contributed by atoms with van der Waals surface area (Å²) in [7, 11) is 0. The minimum absolute atomic E-state index is 0.405. The first-order valence-corrected chi connectivity index (χ1v) is 4.44. The summed E-state index contributed by atoms with van der Waals surface area (Å²) in [6.45, 7) is 1.57. The number of amides is 1. The van der Waals surface area contributed by atoms with E-state index in [2.05, 4.69) is 4.98 Å². The Morgan fingerprint density at radius 3 is 3.08 bits per heavy atom. The third kappa shape index (κ3) is 1.69. The number of carbonyl (C=O) groups excluding carboxylic acids is 1. The SMILES string of the molecule is O=[C]N1CCC(c2ccccn2)C1. The lowest BCUT2D eigenvalue weighted by atomic mass is 10.0. The van der Waals surface area contributed by atoms with E-state index >= 15 is 0 Å². The van der Waals surface area contributed by atoms with Crippen LogP contribution < -0.4 is 0 Å². The maximum absolute atomic E-state index is 10.4. The van der Waals surface area contributed by atoms with Crippen LogP contribution in [0.1, 0.15) is 18.0 Å². The summed E-state index contributed by atoms with van der Waals surface area (Å²) in [5.41, 5.74) is 1.08. The molecule has 1 radical (unpaired) electrons. The Balaban J connectivity index is 2.08. The predicted octanol–water partition coefficient (Wildman–Crippen LogP) is 0.938. The van der Waals surface area contributed by atoms with Crippen molar-refractivity contribution in [2.24, 2.45) is 0 Å². The highest BCUT2D eigenvalue weighted by Crippen LogP contribution is 2.23. The minimum Gasteiger partial charge on any atom is -0.334 e. The molecule has 1 amide bonds. The second-order valence-electron chi connectivity index (χ2n) is 3.28. The summed E-state index contributed by atoms with van der Waals surface area (Å²) in [6, 6.07) is 5.90. The minimum atomic E-state index is 0.405. The average Bonchev–Trinajstić information content (AvgIpc) is 2.67. The third-order valence-electron chi connectivity index (χ3n) is 2.42. The van der Waals surface area contributed by atoms with Crippen molar-refractivity contribution in [3.8, 4) is 0 Å². The van der Waals surface area contributed by atoms with Gasteiger partial charge in [-0.05, 0) is 18.6 Å². The molecule has 1 atom stereocenters. The van der Waals surface area contributed by atoms with E-state index in [0.29, 0.717) is 5.92 Å². The van der Waals surface area contributed by atoms with Crippen LogP contribution in [0.25, 0.3) is 0 Å². The van der Waals surface area contributed by atoms with Crippen LogP contribution in [0.3, 0.4) is 0 Å². The average molecular weight is 175 g/mol. The van der Waals surface area contributed by atoms with Gasteiger partial charge in [0.05, 0.1) is 0 Å². The van der Waals surface area contributed by atoms with Gasteiger partial charge in [0.2, 0.25) is 0 Å². The number of likely N-dealkylation sites (tertiary alicyclic amines) is 1. The lowest BCUT2D eigenvalue weighted by Gasteiger charge is -2.08. The first-order valence-electron chi connectivity index (χ1n) is 4.44. The molecule has 13 heavy (non-hydrogen) atoms. The first-order chi connectivity index (χ1) is 6.40. The zero-order valence-electron chi connectivity index (χ0n) is 7.31. The van der Waals surface area contributed by atoms with E-state index in [0.717, 1.165) is 25.2 Å². The van der Waals surface area contributed by atoms with E-state index in [-0.39, 0.29) is 0 Å². The fraction of sp³-hybridized carbons (Fsp3) is 0.400. The standard InChI is InChI=1S/C10H11N2O/c13-8-12-6-4-9(7-12)10-3-1-2-5-11-10/h1-3,5,9H,4,6-7H2. The van der Waals surface area contributed by atoms with E-state index < -0.39 is 0 Å². The highest BCUT2D eigenvalue weighted by atomic mass is 16.1. The molecule has 1 unspecified atom stereocenters. The van der Waals surface area contributed by atoms with Crippen LogP contribution in [0, 0.1) is 0 Å². The van der Waals surface area contributed by atoms with Gasteiger partial charge in [-0.15, -0.1) is 0 Å². The molecule has 1 aromatic heterocycles. The summed E-state index contributed by atoms with van der Waals surface area (Å²) in [5, 5.41) is 0. The number of nitrogens with zero attached hydrogens (tertiary/aromatic N) is 2. The molecule has 67 valence electrons. The molecule has 1 aliphatic heterocycles. The number of hydrogen-bond acceptors (Lipinski definition) is 2. The van der Waals surface area contributed by atoms with Crippen molar-refractivity contribution < 1.29 is 4.79 Å². The van der Waals surface area contributed by atoms with Crippen LogP contribution in [0.4, 0.5) is 0 Å². The summed E-state index contributed by atoms with van der Waals surface area (Å²) in [5.74, 6) is 0.405. The molecule has 0 aliphatic carbocycles. The Labute approximate surface area is 77.4 Å². The zero-order chi connectivity index (χ0) is 9.10.